The van der Waals surface area contributed by atoms with Crippen LogP contribution in [-0.4, -0.2) is 49.7 Å². The predicted molar refractivity (Wildman–Crippen MR) is 94.5 cm³/mol. The minimum atomic E-state index is 0.584. The van der Waals surface area contributed by atoms with Crippen LogP contribution in [0.5, 0.6) is 0 Å². The number of anilines is 2. The molecule has 2 aromatic rings. The van der Waals surface area contributed by atoms with Crippen LogP contribution in [0.15, 0.2) is 24.3 Å². The van der Waals surface area contributed by atoms with Gasteiger partial charge in [-0.3, -0.25) is 0 Å². The summed E-state index contributed by atoms with van der Waals surface area (Å²) < 4.78 is 0. The van der Waals surface area contributed by atoms with Crippen LogP contribution in [-0.2, 0) is 6.42 Å². The lowest BCUT2D eigenvalue weighted by Crippen LogP contribution is -2.43. The van der Waals surface area contributed by atoms with Crippen molar-refractivity contribution in [1.82, 2.24) is 15.3 Å². The van der Waals surface area contributed by atoms with Gasteiger partial charge in [0.05, 0.1) is 0 Å². The van der Waals surface area contributed by atoms with E-state index in [1.165, 1.54) is 5.69 Å². The maximum absolute atomic E-state index is 6.35. The molecule has 23 heavy (non-hydrogen) atoms. The van der Waals surface area contributed by atoms with Crippen molar-refractivity contribution in [3.63, 3.8) is 0 Å². The SMILES string of the molecule is CN1CCc2c(Cl)nc(-c3ccc(N4CCNCC4)cc3)nc21. The summed E-state index contributed by atoms with van der Waals surface area (Å²) in [7, 11) is 2.05. The molecule has 1 N–H and O–H groups in total. The highest BCUT2D eigenvalue weighted by Crippen LogP contribution is 2.32. The molecule has 6 heteroatoms. The van der Waals surface area contributed by atoms with Gasteiger partial charge in [0.2, 0.25) is 0 Å². The van der Waals surface area contributed by atoms with Gasteiger partial charge in [0, 0.05) is 56.6 Å². The second-order valence-corrected chi connectivity index (χ2v) is 6.45. The normalized spacial score (nSPS) is 17.5. The molecule has 1 fully saturated rings. The van der Waals surface area contributed by atoms with Gasteiger partial charge in [0.25, 0.3) is 0 Å². The number of rotatable bonds is 2. The first-order valence-corrected chi connectivity index (χ1v) is 8.44. The lowest BCUT2D eigenvalue weighted by molar-refractivity contribution is 0.589. The molecule has 1 aromatic heterocycles. The first kappa shape index (κ1) is 14.7. The molecule has 3 heterocycles. The summed E-state index contributed by atoms with van der Waals surface area (Å²) in [6.45, 7) is 5.13. The monoisotopic (exact) mass is 329 g/mol. The Balaban J connectivity index is 1.63. The second kappa shape index (κ2) is 5.98. The van der Waals surface area contributed by atoms with Gasteiger partial charge in [0.1, 0.15) is 11.0 Å². The van der Waals surface area contributed by atoms with Crippen molar-refractivity contribution in [2.75, 3.05) is 49.6 Å². The van der Waals surface area contributed by atoms with E-state index in [9.17, 15) is 0 Å². The van der Waals surface area contributed by atoms with Crippen LogP contribution >= 0.6 is 11.6 Å². The van der Waals surface area contributed by atoms with Gasteiger partial charge in [-0.05, 0) is 30.7 Å². The van der Waals surface area contributed by atoms with Crippen molar-refractivity contribution in [1.29, 1.82) is 0 Å². The number of hydrogen-bond acceptors (Lipinski definition) is 5. The maximum Gasteiger partial charge on any atom is 0.163 e. The molecule has 0 unspecified atom stereocenters. The van der Waals surface area contributed by atoms with Gasteiger partial charge in [-0.15, -0.1) is 0 Å². The van der Waals surface area contributed by atoms with Gasteiger partial charge >= 0.3 is 0 Å². The third-order valence-corrected chi connectivity index (χ3v) is 4.91. The van der Waals surface area contributed by atoms with Gasteiger partial charge in [-0.2, -0.15) is 0 Å². The van der Waals surface area contributed by atoms with E-state index in [-0.39, 0.29) is 0 Å². The lowest BCUT2D eigenvalue weighted by atomic mass is 10.1. The van der Waals surface area contributed by atoms with Crippen LogP contribution in [0, 0.1) is 0 Å². The van der Waals surface area contributed by atoms with Crippen LogP contribution in [0.3, 0.4) is 0 Å². The molecule has 0 atom stereocenters. The Labute approximate surface area is 141 Å². The van der Waals surface area contributed by atoms with E-state index in [0.29, 0.717) is 11.0 Å². The van der Waals surface area contributed by atoms with Crippen molar-refractivity contribution in [3.8, 4) is 11.4 Å². The number of benzene rings is 1. The summed E-state index contributed by atoms with van der Waals surface area (Å²) in [4.78, 5) is 13.7. The van der Waals surface area contributed by atoms with Crippen LogP contribution in [0.2, 0.25) is 5.15 Å². The molecule has 0 radical (unpaired) electrons. The van der Waals surface area contributed by atoms with E-state index in [1.807, 2.05) is 7.05 Å². The van der Waals surface area contributed by atoms with Crippen LogP contribution in [0.1, 0.15) is 5.56 Å². The Kier molecular flexibility index (Phi) is 3.83. The summed E-state index contributed by atoms with van der Waals surface area (Å²) in [6.07, 6.45) is 0.923. The highest BCUT2D eigenvalue weighted by molar-refractivity contribution is 6.30. The number of halogens is 1. The summed E-state index contributed by atoms with van der Waals surface area (Å²) in [5, 5.41) is 3.96. The Morgan fingerprint density at radius 2 is 1.78 bits per heavy atom. The number of likely N-dealkylation sites (N-methyl/N-ethyl adjacent to an activating group) is 1. The number of fused-ring (bicyclic) bond motifs is 1. The molecule has 2 aliphatic heterocycles. The Bertz CT molecular complexity index is 710. The lowest BCUT2D eigenvalue weighted by Gasteiger charge is -2.29. The highest BCUT2D eigenvalue weighted by atomic mass is 35.5. The number of nitrogens with one attached hydrogen (secondary N) is 1. The summed E-state index contributed by atoms with van der Waals surface area (Å²) in [5.41, 5.74) is 3.32. The zero-order chi connectivity index (χ0) is 15.8. The largest absolute Gasteiger partial charge is 0.369 e. The number of hydrogen-bond donors (Lipinski definition) is 1. The average molecular weight is 330 g/mol. The smallest absolute Gasteiger partial charge is 0.163 e. The first-order valence-electron chi connectivity index (χ1n) is 8.06. The fourth-order valence-corrected chi connectivity index (χ4v) is 3.49. The van der Waals surface area contributed by atoms with Gasteiger partial charge in [-0.1, -0.05) is 11.6 Å². The zero-order valence-electron chi connectivity index (χ0n) is 13.2. The van der Waals surface area contributed by atoms with Crippen molar-refractivity contribution >= 4 is 23.1 Å². The molecule has 0 bridgehead atoms. The molecule has 4 rings (SSSR count). The fourth-order valence-electron chi connectivity index (χ4n) is 3.24. The van der Waals surface area contributed by atoms with E-state index in [1.54, 1.807) is 0 Å². The Hall–Kier alpha value is -1.85. The predicted octanol–water partition coefficient (Wildman–Crippen LogP) is 2.20. The Morgan fingerprint density at radius 3 is 2.52 bits per heavy atom. The molecule has 1 saturated heterocycles. The van der Waals surface area contributed by atoms with Crippen molar-refractivity contribution in [3.05, 3.63) is 35.0 Å². The maximum atomic E-state index is 6.35. The van der Waals surface area contributed by atoms with E-state index in [0.717, 1.165) is 56.1 Å². The molecule has 5 nitrogen and oxygen atoms in total. The average Bonchev–Trinajstić information content (AvgIpc) is 2.98. The van der Waals surface area contributed by atoms with Crippen LogP contribution < -0.4 is 15.1 Å². The zero-order valence-corrected chi connectivity index (χ0v) is 14.0. The summed E-state index contributed by atoms with van der Waals surface area (Å²) >= 11 is 6.35. The van der Waals surface area contributed by atoms with Crippen LogP contribution in [0.25, 0.3) is 11.4 Å². The minimum Gasteiger partial charge on any atom is -0.369 e. The Morgan fingerprint density at radius 1 is 1.04 bits per heavy atom. The molecular weight excluding hydrogens is 310 g/mol. The fraction of sp³-hybridized carbons (Fsp3) is 0.412. The second-order valence-electron chi connectivity index (χ2n) is 6.10. The van der Waals surface area contributed by atoms with E-state index >= 15 is 0 Å². The van der Waals surface area contributed by atoms with Crippen LogP contribution in [0.4, 0.5) is 11.5 Å². The van der Waals surface area contributed by atoms with Gasteiger partial charge in [0.15, 0.2) is 5.82 Å². The third kappa shape index (κ3) is 2.75. The first-order chi connectivity index (χ1) is 11.2. The van der Waals surface area contributed by atoms with Crippen molar-refractivity contribution in [2.45, 2.75) is 6.42 Å². The molecule has 0 saturated carbocycles. The molecule has 120 valence electrons. The quantitative estimate of drug-likeness (QED) is 0.856. The van der Waals surface area contributed by atoms with E-state index < -0.39 is 0 Å². The number of aromatic nitrogens is 2. The number of piperazine rings is 1. The molecule has 2 aliphatic rings. The van der Waals surface area contributed by atoms with E-state index in [4.69, 9.17) is 16.6 Å². The van der Waals surface area contributed by atoms with Gasteiger partial charge in [-0.25, -0.2) is 9.97 Å². The molecule has 0 amide bonds. The molecular formula is C17H20ClN5. The van der Waals surface area contributed by atoms with Gasteiger partial charge < -0.3 is 15.1 Å². The third-order valence-electron chi connectivity index (χ3n) is 4.60. The number of nitrogens with zero attached hydrogens (tertiary/aromatic N) is 4. The summed E-state index contributed by atoms with van der Waals surface area (Å²) in [6, 6.07) is 8.47. The molecule has 0 aliphatic carbocycles. The molecule has 0 spiro atoms. The minimum absolute atomic E-state index is 0.584. The van der Waals surface area contributed by atoms with E-state index in [2.05, 4.69) is 44.4 Å². The highest BCUT2D eigenvalue weighted by Gasteiger charge is 2.22. The van der Waals surface area contributed by atoms with Crippen molar-refractivity contribution < 1.29 is 0 Å². The summed E-state index contributed by atoms with van der Waals surface area (Å²) in [5.74, 6) is 1.67. The molecule has 1 aromatic carbocycles. The van der Waals surface area contributed by atoms with Crippen molar-refractivity contribution in [2.24, 2.45) is 0 Å². The topological polar surface area (TPSA) is 44.3 Å². The standard InChI is InChI=1S/C17H20ClN5/c1-22-9-6-14-15(18)20-16(21-17(14)22)12-2-4-13(5-3-12)23-10-7-19-8-11-23/h2-5,19H,6-11H2,1H3.